The van der Waals surface area contributed by atoms with Crippen LogP contribution in [0.25, 0.3) is 0 Å². The largest absolute Gasteiger partial charge is 0.444 e. The maximum absolute atomic E-state index is 12.6. The summed E-state index contributed by atoms with van der Waals surface area (Å²) in [6.45, 7) is 7.98. The second kappa shape index (κ2) is 10.6. The molecule has 9 nitrogen and oxygen atoms in total. The third-order valence-electron chi connectivity index (χ3n) is 5.53. The number of carbonyl (C=O) groups is 2. The number of primary amides is 1. The van der Waals surface area contributed by atoms with Gasteiger partial charge in [0.05, 0.1) is 6.54 Å². The van der Waals surface area contributed by atoms with Crippen LogP contribution >= 0.6 is 0 Å². The molecule has 4 N–H and O–H groups in total. The van der Waals surface area contributed by atoms with Crippen LogP contribution in [0, 0.1) is 0 Å². The summed E-state index contributed by atoms with van der Waals surface area (Å²) in [7, 11) is 0. The highest BCUT2D eigenvalue weighted by Gasteiger charge is 2.28. The van der Waals surface area contributed by atoms with Gasteiger partial charge in [-0.15, -0.1) is 0 Å². The first kappa shape index (κ1) is 24.4. The minimum absolute atomic E-state index is 0.194. The molecule has 1 aliphatic rings. The number of rotatable bonds is 6. The Labute approximate surface area is 195 Å². The molecular formula is C24H34N6O3. The van der Waals surface area contributed by atoms with Crippen molar-refractivity contribution in [3.63, 3.8) is 0 Å². The van der Waals surface area contributed by atoms with Crippen molar-refractivity contribution in [2.75, 3.05) is 18.8 Å². The second-order valence-electron chi connectivity index (χ2n) is 9.42. The van der Waals surface area contributed by atoms with Crippen molar-refractivity contribution >= 4 is 17.8 Å². The molecule has 2 aromatic rings. The van der Waals surface area contributed by atoms with Crippen LogP contribution in [0.5, 0.6) is 0 Å². The fourth-order valence-corrected chi connectivity index (χ4v) is 4.00. The van der Waals surface area contributed by atoms with Crippen LogP contribution in [0.4, 0.5) is 10.6 Å². The molecule has 0 bridgehead atoms. The molecule has 2 amide bonds. The van der Waals surface area contributed by atoms with Gasteiger partial charge in [-0.1, -0.05) is 12.1 Å². The van der Waals surface area contributed by atoms with Gasteiger partial charge >= 0.3 is 6.09 Å². The van der Waals surface area contributed by atoms with E-state index in [0.29, 0.717) is 43.4 Å². The fourth-order valence-electron chi connectivity index (χ4n) is 4.00. The van der Waals surface area contributed by atoms with Crippen molar-refractivity contribution in [2.45, 2.75) is 64.8 Å². The Hall–Kier alpha value is -3.20. The van der Waals surface area contributed by atoms with E-state index < -0.39 is 11.5 Å². The number of amides is 2. The van der Waals surface area contributed by atoms with E-state index in [0.717, 1.165) is 24.8 Å². The van der Waals surface area contributed by atoms with Crippen molar-refractivity contribution in [1.82, 2.24) is 19.8 Å². The van der Waals surface area contributed by atoms with Crippen LogP contribution in [0.2, 0.25) is 0 Å². The molecule has 0 spiro atoms. The predicted octanol–water partition coefficient (Wildman–Crippen LogP) is 2.95. The smallest absolute Gasteiger partial charge is 0.410 e. The van der Waals surface area contributed by atoms with Gasteiger partial charge in [0.25, 0.3) is 0 Å². The average Bonchev–Trinajstić information content (AvgIpc) is 2.99. The summed E-state index contributed by atoms with van der Waals surface area (Å²) >= 11 is 0. The monoisotopic (exact) mass is 454 g/mol. The number of ether oxygens (including phenoxy) is 1. The van der Waals surface area contributed by atoms with Crippen molar-refractivity contribution in [3.8, 4) is 0 Å². The molecule has 33 heavy (non-hydrogen) atoms. The molecule has 9 heteroatoms. The molecule has 1 atom stereocenters. The lowest BCUT2D eigenvalue weighted by atomic mass is 10.0. The number of anilines is 1. The number of benzene rings is 1. The van der Waals surface area contributed by atoms with Crippen LogP contribution in [0.3, 0.4) is 0 Å². The summed E-state index contributed by atoms with van der Waals surface area (Å²) in [5.74, 6) is 0.604. The normalized spacial score (nSPS) is 17.0. The van der Waals surface area contributed by atoms with E-state index in [9.17, 15) is 9.59 Å². The lowest BCUT2D eigenvalue weighted by Gasteiger charge is -2.31. The van der Waals surface area contributed by atoms with E-state index in [-0.39, 0.29) is 12.1 Å². The van der Waals surface area contributed by atoms with Gasteiger partial charge in [0.1, 0.15) is 17.2 Å². The van der Waals surface area contributed by atoms with Gasteiger partial charge < -0.3 is 21.1 Å². The van der Waals surface area contributed by atoms with Gasteiger partial charge in [0.2, 0.25) is 5.91 Å². The molecule has 1 fully saturated rings. The molecule has 1 aromatic carbocycles. The van der Waals surface area contributed by atoms with Crippen molar-refractivity contribution in [2.24, 2.45) is 5.73 Å². The Kier molecular flexibility index (Phi) is 7.86. The number of nitrogens with zero attached hydrogens (tertiary/aromatic N) is 4. The molecule has 0 saturated carbocycles. The zero-order valence-electron chi connectivity index (χ0n) is 19.7. The van der Waals surface area contributed by atoms with E-state index in [1.165, 1.54) is 0 Å². The summed E-state index contributed by atoms with van der Waals surface area (Å²) < 4.78 is 5.56. The Balaban J connectivity index is 1.77. The van der Waals surface area contributed by atoms with Crippen molar-refractivity contribution in [1.29, 1.82) is 0 Å². The minimum Gasteiger partial charge on any atom is -0.444 e. The molecule has 1 aromatic heterocycles. The van der Waals surface area contributed by atoms with Gasteiger partial charge in [0, 0.05) is 37.4 Å². The van der Waals surface area contributed by atoms with Crippen LogP contribution in [0.15, 0.2) is 36.5 Å². The zero-order chi connectivity index (χ0) is 24.0. The number of nitrogens with two attached hydrogens (primary N) is 2. The summed E-state index contributed by atoms with van der Waals surface area (Å²) in [4.78, 5) is 37.0. The molecule has 0 radical (unpaired) electrons. The van der Waals surface area contributed by atoms with Gasteiger partial charge in [-0.2, -0.15) is 0 Å². The first-order valence-corrected chi connectivity index (χ1v) is 11.3. The quantitative estimate of drug-likeness (QED) is 0.687. The van der Waals surface area contributed by atoms with Gasteiger partial charge in [0.15, 0.2) is 0 Å². The molecular weight excluding hydrogens is 420 g/mol. The Morgan fingerprint density at radius 1 is 1.18 bits per heavy atom. The molecule has 3 rings (SSSR count). The van der Waals surface area contributed by atoms with Crippen molar-refractivity contribution in [3.05, 3.63) is 53.5 Å². The topological polar surface area (TPSA) is 128 Å². The zero-order valence-corrected chi connectivity index (χ0v) is 19.7. The van der Waals surface area contributed by atoms with E-state index in [1.54, 1.807) is 23.2 Å². The fraction of sp³-hybridized carbons (Fsp3) is 0.500. The molecule has 0 aliphatic carbocycles. The summed E-state index contributed by atoms with van der Waals surface area (Å²) in [5, 5.41) is 0. The molecule has 1 aliphatic heterocycles. The Morgan fingerprint density at radius 3 is 2.67 bits per heavy atom. The Bertz CT molecular complexity index is 975. The third-order valence-corrected chi connectivity index (χ3v) is 5.53. The van der Waals surface area contributed by atoms with Crippen LogP contribution in [-0.2, 0) is 17.8 Å². The van der Waals surface area contributed by atoms with Gasteiger partial charge in [-0.25, -0.2) is 14.8 Å². The highest BCUT2D eigenvalue weighted by Crippen LogP contribution is 2.23. The van der Waals surface area contributed by atoms with Crippen molar-refractivity contribution < 1.29 is 14.3 Å². The number of aromatic nitrogens is 2. The standard InChI is InChI=1S/C24H34N6O3/c1-24(2,3)33-23(32)29-12-5-8-19(10-13-29)30(16-21-27-11-9-20(25)28-21)15-17-6-4-7-18(14-17)22(26)31/h4,6-7,9,11,14,19H,5,8,10,12-13,15-16H2,1-3H3,(H2,26,31)(H2,25,27,28)/t19-/m0/s1. The van der Waals surface area contributed by atoms with Gasteiger partial charge in [-0.3, -0.25) is 9.69 Å². The molecule has 1 saturated heterocycles. The second-order valence-corrected chi connectivity index (χ2v) is 9.42. The number of nitrogen functional groups attached to an aromatic ring is 1. The lowest BCUT2D eigenvalue weighted by molar-refractivity contribution is 0.0251. The predicted molar refractivity (Wildman–Crippen MR) is 126 cm³/mol. The minimum atomic E-state index is -0.523. The SMILES string of the molecule is CC(C)(C)OC(=O)N1CCC[C@H](N(Cc2cccc(C(N)=O)c2)Cc2nccc(N)n2)CC1. The number of likely N-dealkylation sites (tertiary alicyclic amines) is 1. The number of carbonyl (C=O) groups excluding carboxylic acids is 2. The maximum Gasteiger partial charge on any atom is 0.410 e. The van der Waals surface area contributed by atoms with E-state index in [2.05, 4.69) is 14.9 Å². The first-order valence-electron chi connectivity index (χ1n) is 11.3. The molecule has 2 heterocycles. The van der Waals surface area contributed by atoms with Crippen LogP contribution < -0.4 is 11.5 Å². The maximum atomic E-state index is 12.6. The summed E-state index contributed by atoms with van der Waals surface area (Å²) in [6, 6.07) is 9.19. The third kappa shape index (κ3) is 7.42. The number of hydrogen-bond acceptors (Lipinski definition) is 7. The number of hydrogen-bond donors (Lipinski definition) is 2. The van der Waals surface area contributed by atoms with Gasteiger partial charge in [-0.05, 0) is 63.8 Å². The highest BCUT2D eigenvalue weighted by molar-refractivity contribution is 5.92. The van der Waals surface area contributed by atoms with E-state index in [1.807, 2.05) is 39.0 Å². The van der Waals surface area contributed by atoms with Crippen LogP contribution in [-0.4, -0.2) is 56.5 Å². The summed E-state index contributed by atoms with van der Waals surface area (Å²) in [6.07, 6.45) is 3.94. The first-order chi connectivity index (χ1) is 15.6. The lowest BCUT2D eigenvalue weighted by Crippen LogP contribution is -2.39. The molecule has 0 unspecified atom stereocenters. The summed E-state index contributed by atoms with van der Waals surface area (Å²) in [5.41, 5.74) is 12.3. The van der Waals surface area contributed by atoms with Crippen LogP contribution in [0.1, 0.15) is 61.8 Å². The molecule has 178 valence electrons. The Morgan fingerprint density at radius 2 is 1.97 bits per heavy atom. The highest BCUT2D eigenvalue weighted by atomic mass is 16.6. The average molecular weight is 455 g/mol. The van der Waals surface area contributed by atoms with E-state index >= 15 is 0 Å². The van der Waals surface area contributed by atoms with E-state index in [4.69, 9.17) is 16.2 Å².